The summed E-state index contributed by atoms with van der Waals surface area (Å²) in [6, 6.07) is 5.64. The lowest BCUT2D eigenvalue weighted by atomic mass is 10.2. The van der Waals surface area contributed by atoms with Gasteiger partial charge in [-0.1, -0.05) is 24.2 Å². The molecule has 0 saturated carbocycles. The van der Waals surface area contributed by atoms with Gasteiger partial charge in [0.2, 0.25) is 0 Å². The third-order valence-corrected chi connectivity index (χ3v) is 6.00. The van der Waals surface area contributed by atoms with E-state index >= 15 is 0 Å². The van der Waals surface area contributed by atoms with Crippen molar-refractivity contribution in [3.8, 4) is 0 Å². The maximum atomic E-state index is 13.0. The molecule has 6 nitrogen and oxygen atoms in total. The molecule has 1 aromatic carbocycles. The number of aromatic nitrogens is 2. The van der Waals surface area contributed by atoms with Crippen LogP contribution in [0.3, 0.4) is 0 Å². The van der Waals surface area contributed by atoms with Gasteiger partial charge in [0.25, 0.3) is 10.0 Å². The van der Waals surface area contributed by atoms with E-state index in [0.717, 1.165) is 35.2 Å². The third kappa shape index (κ3) is 2.58. The van der Waals surface area contributed by atoms with E-state index in [-0.39, 0.29) is 4.90 Å². The summed E-state index contributed by atoms with van der Waals surface area (Å²) in [5.41, 5.74) is 2.63. The quantitative estimate of drug-likeness (QED) is 0.765. The summed E-state index contributed by atoms with van der Waals surface area (Å²) in [5.74, 6) is 1.06. The Morgan fingerprint density at radius 2 is 2.04 bits per heavy atom. The minimum Gasteiger partial charge on any atom is -0.360 e. The van der Waals surface area contributed by atoms with Gasteiger partial charge in [-0.3, -0.25) is 0 Å². The standard InChI is InChI=1S/C17H21N3O3S/c1-5-6-15-12(3)17(19-23-15)20(4)24(21,22)16-10-18-14-9-11(2)7-8-13(14)16/h7-10,18H,5-6H2,1-4H3. The van der Waals surface area contributed by atoms with Crippen molar-refractivity contribution in [2.24, 2.45) is 0 Å². The second-order valence-electron chi connectivity index (χ2n) is 5.98. The number of H-pyrrole nitrogens is 1. The minimum atomic E-state index is -3.73. The van der Waals surface area contributed by atoms with Crippen LogP contribution in [-0.4, -0.2) is 25.6 Å². The monoisotopic (exact) mass is 347 g/mol. The maximum Gasteiger partial charge on any atom is 0.267 e. The number of rotatable bonds is 5. The number of anilines is 1. The zero-order valence-corrected chi connectivity index (χ0v) is 15.1. The summed E-state index contributed by atoms with van der Waals surface area (Å²) in [6.07, 6.45) is 3.17. The van der Waals surface area contributed by atoms with E-state index in [1.165, 1.54) is 17.5 Å². The first-order valence-electron chi connectivity index (χ1n) is 7.88. The number of hydrogen-bond donors (Lipinski definition) is 1. The Morgan fingerprint density at radius 1 is 1.29 bits per heavy atom. The molecule has 0 aliphatic heterocycles. The Morgan fingerprint density at radius 3 is 2.75 bits per heavy atom. The summed E-state index contributed by atoms with van der Waals surface area (Å²) in [6.45, 7) is 5.84. The van der Waals surface area contributed by atoms with Gasteiger partial charge in [-0.2, -0.15) is 0 Å². The molecule has 7 heteroatoms. The van der Waals surface area contributed by atoms with Crippen LogP contribution in [0.5, 0.6) is 0 Å². The average Bonchev–Trinajstić information content (AvgIpc) is 3.11. The first-order valence-corrected chi connectivity index (χ1v) is 9.32. The van der Waals surface area contributed by atoms with Crippen LogP contribution in [0.15, 0.2) is 33.8 Å². The molecule has 128 valence electrons. The molecule has 2 heterocycles. The fourth-order valence-corrected chi connectivity index (χ4v) is 4.16. The molecule has 0 amide bonds. The summed E-state index contributed by atoms with van der Waals surface area (Å²) in [7, 11) is -2.23. The molecule has 2 aromatic heterocycles. The highest BCUT2D eigenvalue weighted by Gasteiger charge is 2.28. The molecule has 3 rings (SSSR count). The summed E-state index contributed by atoms with van der Waals surface area (Å²) >= 11 is 0. The molecule has 0 saturated heterocycles. The number of nitrogens with one attached hydrogen (secondary N) is 1. The van der Waals surface area contributed by atoms with E-state index in [1.807, 2.05) is 39.0 Å². The smallest absolute Gasteiger partial charge is 0.267 e. The zero-order chi connectivity index (χ0) is 17.5. The summed E-state index contributed by atoms with van der Waals surface area (Å²) < 4.78 is 32.6. The molecule has 0 bridgehead atoms. The molecule has 3 aromatic rings. The van der Waals surface area contributed by atoms with Gasteiger partial charge in [-0.15, -0.1) is 0 Å². The Kier molecular flexibility index (Phi) is 4.13. The molecule has 0 fully saturated rings. The first kappa shape index (κ1) is 16.6. The molecule has 0 aliphatic carbocycles. The average molecular weight is 347 g/mol. The summed E-state index contributed by atoms with van der Waals surface area (Å²) in [5, 5.41) is 4.64. The number of hydrogen-bond acceptors (Lipinski definition) is 4. The fourth-order valence-electron chi connectivity index (χ4n) is 2.80. The van der Waals surface area contributed by atoms with Crippen LogP contribution >= 0.6 is 0 Å². The van der Waals surface area contributed by atoms with Gasteiger partial charge >= 0.3 is 0 Å². The molecule has 0 radical (unpaired) electrons. The maximum absolute atomic E-state index is 13.0. The number of fused-ring (bicyclic) bond motifs is 1. The van der Waals surface area contributed by atoms with Crippen molar-refractivity contribution in [1.82, 2.24) is 10.1 Å². The Balaban J connectivity index is 2.06. The van der Waals surface area contributed by atoms with Gasteiger partial charge in [0.15, 0.2) is 5.82 Å². The predicted octanol–water partition coefficient (Wildman–Crippen LogP) is 3.55. The van der Waals surface area contributed by atoms with Crippen LogP contribution in [0.4, 0.5) is 5.82 Å². The van der Waals surface area contributed by atoms with Crippen molar-refractivity contribution in [1.29, 1.82) is 0 Å². The number of aryl methyl sites for hydroxylation is 2. The van der Waals surface area contributed by atoms with Crippen LogP contribution in [-0.2, 0) is 16.4 Å². The highest BCUT2D eigenvalue weighted by Crippen LogP contribution is 2.30. The van der Waals surface area contributed by atoms with Gasteiger partial charge in [-0.25, -0.2) is 12.7 Å². The van der Waals surface area contributed by atoms with Crippen LogP contribution in [0.25, 0.3) is 10.9 Å². The molecular formula is C17H21N3O3S. The van der Waals surface area contributed by atoms with Crippen LogP contribution in [0, 0.1) is 13.8 Å². The number of benzene rings is 1. The normalized spacial score (nSPS) is 12.0. The lowest BCUT2D eigenvalue weighted by Crippen LogP contribution is -2.27. The van der Waals surface area contributed by atoms with E-state index in [0.29, 0.717) is 11.2 Å². The zero-order valence-electron chi connectivity index (χ0n) is 14.3. The van der Waals surface area contributed by atoms with E-state index in [4.69, 9.17) is 4.52 Å². The highest BCUT2D eigenvalue weighted by atomic mass is 32.2. The van der Waals surface area contributed by atoms with E-state index in [9.17, 15) is 8.42 Å². The topological polar surface area (TPSA) is 79.2 Å². The molecule has 0 aliphatic rings. The van der Waals surface area contributed by atoms with Crippen LogP contribution in [0.2, 0.25) is 0 Å². The predicted molar refractivity (Wildman–Crippen MR) is 93.9 cm³/mol. The minimum absolute atomic E-state index is 0.236. The van der Waals surface area contributed by atoms with E-state index < -0.39 is 10.0 Å². The fraction of sp³-hybridized carbons (Fsp3) is 0.353. The van der Waals surface area contributed by atoms with Crippen molar-refractivity contribution in [2.45, 2.75) is 38.5 Å². The molecular weight excluding hydrogens is 326 g/mol. The second-order valence-corrected chi connectivity index (χ2v) is 7.92. The molecule has 1 N–H and O–H groups in total. The van der Waals surface area contributed by atoms with Crippen molar-refractivity contribution in [3.63, 3.8) is 0 Å². The van der Waals surface area contributed by atoms with Crippen molar-refractivity contribution < 1.29 is 12.9 Å². The SMILES string of the molecule is CCCc1onc(N(C)S(=O)(=O)c2c[nH]c3cc(C)ccc23)c1C. The molecule has 0 spiro atoms. The van der Waals surface area contributed by atoms with Crippen molar-refractivity contribution in [2.75, 3.05) is 11.4 Å². The largest absolute Gasteiger partial charge is 0.360 e. The van der Waals surface area contributed by atoms with Crippen molar-refractivity contribution >= 4 is 26.7 Å². The third-order valence-electron chi connectivity index (χ3n) is 4.21. The van der Waals surface area contributed by atoms with E-state index in [1.54, 1.807) is 0 Å². The first-order chi connectivity index (χ1) is 11.4. The Labute approximate surface area is 141 Å². The Hall–Kier alpha value is -2.28. The lowest BCUT2D eigenvalue weighted by molar-refractivity contribution is 0.382. The van der Waals surface area contributed by atoms with Crippen molar-refractivity contribution in [3.05, 3.63) is 41.3 Å². The van der Waals surface area contributed by atoms with Crippen LogP contribution in [0.1, 0.15) is 30.2 Å². The Bertz CT molecular complexity index is 986. The van der Waals surface area contributed by atoms with Gasteiger partial charge in [-0.05, 0) is 31.9 Å². The molecule has 0 unspecified atom stereocenters. The molecule has 24 heavy (non-hydrogen) atoms. The van der Waals surface area contributed by atoms with Gasteiger partial charge in [0.05, 0.1) is 0 Å². The highest BCUT2D eigenvalue weighted by molar-refractivity contribution is 7.93. The summed E-state index contributed by atoms with van der Waals surface area (Å²) in [4.78, 5) is 3.27. The number of aromatic amines is 1. The van der Waals surface area contributed by atoms with Crippen LogP contribution < -0.4 is 4.31 Å². The van der Waals surface area contributed by atoms with Gasteiger partial charge in [0.1, 0.15) is 10.7 Å². The van der Waals surface area contributed by atoms with Gasteiger partial charge in [0, 0.05) is 36.1 Å². The number of sulfonamides is 1. The van der Waals surface area contributed by atoms with E-state index in [2.05, 4.69) is 10.1 Å². The van der Waals surface area contributed by atoms with Gasteiger partial charge < -0.3 is 9.51 Å². The number of nitrogens with zero attached hydrogens (tertiary/aromatic N) is 2. The molecule has 0 atom stereocenters. The lowest BCUT2D eigenvalue weighted by Gasteiger charge is -2.16. The second kappa shape index (κ2) is 5.98.